The third kappa shape index (κ3) is 5.60. The number of benzene rings is 2. The first-order chi connectivity index (χ1) is 11.2. The van der Waals surface area contributed by atoms with Gasteiger partial charge in [0, 0.05) is 11.4 Å². The van der Waals surface area contributed by atoms with E-state index in [0.717, 1.165) is 24.6 Å². The Morgan fingerprint density at radius 2 is 1.83 bits per heavy atom. The summed E-state index contributed by atoms with van der Waals surface area (Å²) in [6.07, 6.45) is 3.16. The van der Waals surface area contributed by atoms with E-state index in [1.807, 2.05) is 6.07 Å². The van der Waals surface area contributed by atoms with Gasteiger partial charge in [-0.05, 0) is 43.5 Å². The Kier molecular flexibility index (Phi) is 6.94. The number of esters is 1. The molecule has 0 amide bonds. The van der Waals surface area contributed by atoms with E-state index in [1.165, 1.54) is 12.1 Å². The molecule has 1 N–H and O–H groups in total. The number of unbranched alkanes of at least 4 members (excludes halogenated alkanes) is 2. The van der Waals surface area contributed by atoms with Gasteiger partial charge >= 0.3 is 5.97 Å². The summed E-state index contributed by atoms with van der Waals surface area (Å²) < 4.78 is 10.8. The molecular formula is C18H19BrO4. The number of hydrogen-bond acceptors (Lipinski definition) is 4. The summed E-state index contributed by atoms with van der Waals surface area (Å²) in [7, 11) is 0. The van der Waals surface area contributed by atoms with Crippen molar-refractivity contribution < 1.29 is 19.4 Å². The molecule has 0 aromatic heterocycles. The Hall–Kier alpha value is -2.01. The molecule has 0 aliphatic carbocycles. The maximum absolute atomic E-state index is 12.0. The number of carbonyl (C=O) groups is 1. The number of aromatic hydroxyl groups is 1. The van der Waals surface area contributed by atoms with Crippen LogP contribution in [0, 0.1) is 0 Å². The predicted molar refractivity (Wildman–Crippen MR) is 92.6 cm³/mol. The van der Waals surface area contributed by atoms with Gasteiger partial charge in [0.25, 0.3) is 0 Å². The molecule has 0 atom stereocenters. The highest BCUT2D eigenvalue weighted by Crippen LogP contribution is 2.30. The molecule has 2 aromatic carbocycles. The fourth-order valence-corrected chi connectivity index (χ4v) is 2.37. The first-order valence-corrected chi connectivity index (χ1v) is 8.62. The van der Waals surface area contributed by atoms with Crippen LogP contribution < -0.4 is 9.47 Å². The van der Waals surface area contributed by atoms with E-state index in [1.54, 1.807) is 30.3 Å². The lowest BCUT2D eigenvalue weighted by molar-refractivity contribution is 0.0729. The smallest absolute Gasteiger partial charge is 0.343 e. The van der Waals surface area contributed by atoms with E-state index in [2.05, 4.69) is 15.9 Å². The molecule has 4 nitrogen and oxygen atoms in total. The fraction of sp³-hybridized carbons (Fsp3) is 0.278. The molecule has 0 radical (unpaired) electrons. The van der Waals surface area contributed by atoms with Gasteiger partial charge in [-0.2, -0.15) is 0 Å². The quantitative estimate of drug-likeness (QED) is 0.316. The molecule has 0 spiro atoms. The standard InChI is InChI=1S/C18H19BrO4/c19-11-5-2-6-12-22-15-9-10-17(16(20)13-15)23-18(21)14-7-3-1-4-8-14/h1,3-4,7-10,13,20H,2,5-6,11-12H2. The molecule has 0 fully saturated rings. The molecule has 0 aliphatic heterocycles. The molecule has 0 heterocycles. The lowest BCUT2D eigenvalue weighted by atomic mass is 10.2. The van der Waals surface area contributed by atoms with Crippen LogP contribution >= 0.6 is 15.9 Å². The van der Waals surface area contributed by atoms with Gasteiger partial charge in [0.2, 0.25) is 0 Å². The lowest BCUT2D eigenvalue weighted by Crippen LogP contribution is -2.08. The van der Waals surface area contributed by atoms with Crippen molar-refractivity contribution >= 4 is 21.9 Å². The Labute approximate surface area is 144 Å². The molecule has 0 saturated heterocycles. The van der Waals surface area contributed by atoms with E-state index in [-0.39, 0.29) is 11.5 Å². The van der Waals surface area contributed by atoms with E-state index in [0.29, 0.717) is 17.9 Å². The molecule has 2 rings (SSSR count). The molecule has 0 saturated carbocycles. The van der Waals surface area contributed by atoms with Crippen LogP contribution in [0.3, 0.4) is 0 Å². The number of alkyl halides is 1. The average molecular weight is 379 g/mol. The zero-order valence-electron chi connectivity index (χ0n) is 12.7. The third-order valence-corrected chi connectivity index (χ3v) is 3.75. The van der Waals surface area contributed by atoms with E-state index >= 15 is 0 Å². The zero-order chi connectivity index (χ0) is 16.5. The SMILES string of the molecule is O=C(Oc1ccc(OCCCCCBr)cc1O)c1ccccc1. The van der Waals surface area contributed by atoms with Crippen molar-refractivity contribution in [2.24, 2.45) is 0 Å². The van der Waals surface area contributed by atoms with Crippen molar-refractivity contribution in [1.29, 1.82) is 0 Å². The molecule has 2 aromatic rings. The molecule has 0 bridgehead atoms. The summed E-state index contributed by atoms with van der Waals surface area (Å²) in [5.41, 5.74) is 0.430. The van der Waals surface area contributed by atoms with Crippen LogP contribution in [-0.4, -0.2) is 23.0 Å². The van der Waals surface area contributed by atoms with Gasteiger partial charge in [0.15, 0.2) is 11.5 Å². The third-order valence-electron chi connectivity index (χ3n) is 3.19. The van der Waals surface area contributed by atoms with Gasteiger partial charge in [-0.3, -0.25) is 0 Å². The summed E-state index contributed by atoms with van der Waals surface area (Å²) in [6, 6.07) is 13.3. The Bertz CT molecular complexity index is 628. The van der Waals surface area contributed by atoms with Crippen LogP contribution in [0.15, 0.2) is 48.5 Å². The summed E-state index contributed by atoms with van der Waals surface area (Å²) in [6.45, 7) is 0.593. The largest absolute Gasteiger partial charge is 0.504 e. The minimum absolute atomic E-state index is 0.116. The Morgan fingerprint density at radius 1 is 1.04 bits per heavy atom. The summed E-state index contributed by atoms with van der Waals surface area (Å²) in [5.74, 6) is 0.0444. The minimum atomic E-state index is -0.510. The van der Waals surface area contributed by atoms with Crippen molar-refractivity contribution in [3.8, 4) is 17.2 Å². The summed E-state index contributed by atoms with van der Waals surface area (Å²) >= 11 is 3.38. The van der Waals surface area contributed by atoms with Crippen LogP contribution in [0.2, 0.25) is 0 Å². The van der Waals surface area contributed by atoms with Crippen molar-refractivity contribution in [2.45, 2.75) is 19.3 Å². The second kappa shape index (κ2) is 9.20. The second-order valence-electron chi connectivity index (χ2n) is 4.98. The number of halogens is 1. The van der Waals surface area contributed by atoms with Crippen molar-refractivity contribution in [2.75, 3.05) is 11.9 Å². The van der Waals surface area contributed by atoms with Crippen LogP contribution in [-0.2, 0) is 0 Å². The maximum atomic E-state index is 12.0. The topological polar surface area (TPSA) is 55.8 Å². The van der Waals surface area contributed by atoms with E-state index < -0.39 is 5.97 Å². The average Bonchev–Trinajstić information content (AvgIpc) is 2.57. The first kappa shape index (κ1) is 17.3. The van der Waals surface area contributed by atoms with Gasteiger partial charge in [0.1, 0.15) is 5.75 Å². The highest BCUT2D eigenvalue weighted by Gasteiger charge is 2.11. The van der Waals surface area contributed by atoms with Crippen LogP contribution in [0.4, 0.5) is 0 Å². The molecule has 0 aliphatic rings. The van der Waals surface area contributed by atoms with Gasteiger partial charge in [-0.25, -0.2) is 4.79 Å². The Morgan fingerprint density at radius 3 is 2.52 bits per heavy atom. The minimum Gasteiger partial charge on any atom is -0.504 e. The van der Waals surface area contributed by atoms with E-state index in [9.17, 15) is 9.90 Å². The van der Waals surface area contributed by atoms with Gasteiger partial charge in [0.05, 0.1) is 12.2 Å². The van der Waals surface area contributed by atoms with Crippen molar-refractivity contribution in [3.05, 3.63) is 54.1 Å². The van der Waals surface area contributed by atoms with Crippen LogP contribution in [0.25, 0.3) is 0 Å². The number of phenolic OH excluding ortho intramolecular Hbond substituents is 1. The summed E-state index contributed by atoms with van der Waals surface area (Å²) in [5, 5.41) is 11.0. The highest BCUT2D eigenvalue weighted by atomic mass is 79.9. The molecule has 122 valence electrons. The summed E-state index contributed by atoms with van der Waals surface area (Å²) in [4.78, 5) is 12.0. The number of hydrogen-bond donors (Lipinski definition) is 1. The molecule has 5 heteroatoms. The number of rotatable bonds is 8. The van der Waals surface area contributed by atoms with Crippen molar-refractivity contribution in [1.82, 2.24) is 0 Å². The fourth-order valence-electron chi connectivity index (χ4n) is 1.97. The van der Waals surface area contributed by atoms with Crippen LogP contribution in [0.5, 0.6) is 17.2 Å². The lowest BCUT2D eigenvalue weighted by Gasteiger charge is -2.09. The number of phenols is 1. The van der Waals surface area contributed by atoms with Crippen LogP contribution in [0.1, 0.15) is 29.6 Å². The van der Waals surface area contributed by atoms with Gasteiger partial charge in [-0.1, -0.05) is 34.1 Å². The normalized spacial score (nSPS) is 10.3. The zero-order valence-corrected chi connectivity index (χ0v) is 14.3. The van der Waals surface area contributed by atoms with E-state index in [4.69, 9.17) is 9.47 Å². The van der Waals surface area contributed by atoms with Gasteiger partial charge < -0.3 is 14.6 Å². The maximum Gasteiger partial charge on any atom is 0.343 e. The molecule has 0 unspecified atom stereocenters. The monoisotopic (exact) mass is 378 g/mol. The first-order valence-electron chi connectivity index (χ1n) is 7.49. The number of ether oxygens (including phenoxy) is 2. The number of carbonyl (C=O) groups excluding carboxylic acids is 1. The van der Waals surface area contributed by atoms with Gasteiger partial charge in [-0.15, -0.1) is 0 Å². The molecular weight excluding hydrogens is 360 g/mol. The Balaban J connectivity index is 1.90. The van der Waals surface area contributed by atoms with Crippen molar-refractivity contribution in [3.63, 3.8) is 0 Å². The second-order valence-corrected chi connectivity index (χ2v) is 5.78. The highest BCUT2D eigenvalue weighted by molar-refractivity contribution is 9.09. The molecule has 23 heavy (non-hydrogen) atoms. The predicted octanol–water partition coefficient (Wildman–Crippen LogP) is 4.56.